The van der Waals surface area contributed by atoms with Gasteiger partial charge in [-0.25, -0.2) is 5.06 Å². The maximum atomic E-state index is 12.7. The number of benzene rings is 1. The smallest absolute Gasteiger partial charge is 0.311 e. The van der Waals surface area contributed by atoms with Crippen LogP contribution in [-0.2, 0) is 36.9 Å². The molecule has 0 saturated carbocycles. The van der Waals surface area contributed by atoms with Crippen molar-refractivity contribution in [3.8, 4) is 5.75 Å². The van der Waals surface area contributed by atoms with Gasteiger partial charge in [0, 0.05) is 39.6 Å². The number of fused-ring (bicyclic) bond motifs is 1. The highest BCUT2D eigenvalue weighted by Gasteiger charge is 2.58. The molecule has 3 aliphatic rings. The normalized spacial score (nSPS) is 22.9. The quantitative estimate of drug-likeness (QED) is 0.491. The summed E-state index contributed by atoms with van der Waals surface area (Å²) in [6.07, 6.45) is 2.42. The molecule has 0 N–H and O–H groups in total. The number of carbonyl (C=O) groups is 2. The molecule has 3 heterocycles. The van der Waals surface area contributed by atoms with Crippen molar-refractivity contribution in [1.82, 2.24) is 9.96 Å². The molecule has 0 aromatic heterocycles. The van der Waals surface area contributed by atoms with Crippen molar-refractivity contribution in [3.63, 3.8) is 0 Å². The second kappa shape index (κ2) is 8.91. The number of amides is 1. The first-order valence-electron chi connectivity index (χ1n) is 10.6. The Hall–Kier alpha value is -2.16. The van der Waals surface area contributed by atoms with E-state index in [0.717, 1.165) is 38.4 Å². The fourth-order valence-corrected chi connectivity index (χ4v) is 4.94. The zero-order chi connectivity index (χ0) is 21.1. The highest BCUT2D eigenvalue weighted by atomic mass is 16.7. The van der Waals surface area contributed by atoms with E-state index in [0.29, 0.717) is 19.4 Å². The van der Waals surface area contributed by atoms with Crippen molar-refractivity contribution in [1.29, 1.82) is 0 Å². The van der Waals surface area contributed by atoms with Crippen LogP contribution in [0.25, 0.3) is 0 Å². The maximum absolute atomic E-state index is 12.7. The average Bonchev–Trinajstić information content (AvgIpc) is 3.33. The van der Waals surface area contributed by atoms with E-state index in [2.05, 4.69) is 23.1 Å². The third-order valence-corrected chi connectivity index (χ3v) is 6.53. The van der Waals surface area contributed by atoms with Crippen molar-refractivity contribution in [3.05, 3.63) is 29.3 Å². The van der Waals surface area contributed by atoms with E-state index in [-0.39, 0.29) is 24.9 Å². The summed E-state index contributed by atoms with van der Waals surface area (Å²) >= 11 is 0. The third kappa shape index (κ3) is 3.91. The first-order valence-corrected chi connectivity index (χ1v) is 10.6. The van der Waals surface area contributed by atoms with Crippen molar-refractivity contribution in [2.45, 2.75) is 37.8 Å². The lowest BCUT2D eigenvalue weighted by atomic mass is 9.77. The van der Waals surface area contributed by atoms with Crippen molar-refractivity contribution in [2.24, 2.45) is 5.92 Å². The molecule has 164 valence electrons. The first-order chi connectivity index (χ1) is 14.6. The van der Waals surface area contributed by atoms with Gasteiger partial charge in [0.15, 0.2) is 0 Å². The molecule has 1 aromatic rings. The van der Waals surface area contributed by atoms with Gasteiger partial charge in [-0.3, -0.25) is 19.3 Å². The maximum Gasteiger partial charge on any atom is 0.311 e. The molecule has 3 aliphatic heterocycles. The molecule has 1 aromatic carbocycles. The van der Waals surface area contributed by atoms with Crippen LogP contribution in [0.2, 0.25) is 0 Å². The van der Waals surface area contributed by atoms with Gasteiger partial charge in [-0.05, 0) is 30.0 Å². The zero-order valence-corrected chi connectivity index (χ0v) is 17.7. The number of esters is 1. The van der Waals surface area contributed by atoms with Crippen LogP contribution in [0.15, 0.2) is 18.2 Å². The summed E-state index contributed by atoms with van der Waals surface area (Å²) < 4.78 is 15.7. The van der Waals surface area contributed by atoms with Gasteiger partial charge in [-0.15, -0.1) is 0 Å². The second-order valence-electron chi connectivity index (χ2n) is 8.21. The number of ether oxygens (including phenoxy) is 3. The highest BCUT2D eigenvalue weighted by Crippen LogP contribution is 2.44. The standard InChI is InChI=1S/C22H30N2O6/c1-27-11-12-30-24-20(25)14-18(21(26)28-2)22(24)6-8-23(9-7-22)15-16-3-4-19-17(13-16)5-10-29-19/h3-4,13,18H,5-12,14-15H2,1-2H3/t18-/m0/s1. The number of hydrogen-bond donors (Lipinski definition) is 0. The van der Waals surface area contributed by atoms with Crippen LogP contribution in [0.3, 0.4) is 0 Å². The molecule has 0 bridgehead atoms. The lowest BCUT2D eigenvalue weighted by molar-refractivity contribution is -0.227. The van der Waals surface area contributed by atoms with Crippen molar-refractivity contribution in [2.75, 3.05) is 47.1 Å². The number of piperidine rings is 1. The Balaban J connectivity index is 1.45. The third-order valence-electron chi connectivity index (χ3n) is 6.53. The SMILES string of the molecule is COCCON1C(=O)C[C@@H](C(=O)OC)C12CCN(Cc1ccc3c(c1)CCO3)CC2. The monoisotopic (exact) mass is 418 g/mol. The second-order valence-corrected chi connectivity index (χ2v) is 8.21. The van der Waals surface area contributed by atoms with Crippen LogP contribution in [0.4, 0.5) is 0 Å². The van der Waals surface area contributed by atoms with E-state index in [1.54, 1.807) is 7.11 Å². The molecule has 0 unspecified atom stereocenters. The minimum Gasteiger partial charge on any atom is -0.493 e. The lowest BCUT2D eigenvalue weighted by Crippen LogP contribution is -2.57. The summed E-state index contributed by atoms with van der Waals surface area (Å²) in [5.41, 5.74) is 1.88. The van der Waals surface area contributed by atoms with Crippen LogP contribution in [-0.4, -0.2) is 74.5 Å². The molecule has 2 saturated heterocycles. The van der Waals surface area contributed by atoms with Crippen LogP contribution < -0.4 is 4.74 Å². The fraction of sp³-hybridized carbons (Fsp3) is 0.636. The largest absolute Gasteiger partial charge is 0.493 e. The predicted molar refractivity (Wildman–Crippen MR) is 108 cm³/mol. The minimum atomic E-state index is -0.653. The Bertz CT molecular complexity index is 790. The fourth-order valence-electron chi connectivity index (χ4n) is 4.94. The Morgan fingerprint density at radius 1 is 1.23 bits per heavy atom. The number of methoxy groups -OCH3 is 2. The van der Waals surface area contributed by atoms with E-state index in [9.17, 15) is 9.59 Å². The molecule has 2 fully saturated rings. The van der Waals surface area contributed by atoms with Gasteiger partial charge in [0.25, 0.3) is 0 Å². The van der Waals surface area contributed by atoms with Gasteiger partial charge in [0.2, 0.25) is 5.91 Å². The van der Waals surface area contributed by atoms with Crippen LogP contribution >= 0.6 is 0 Å². The summed E-state index contributed by atoms with van der Waals surface area (Å²) in [6, 6.07) is 6.39. The molecule has 1 spiro atoms. The first kappa shape index (κ1) is 21.1. The van der Waals surface area contributed by atoms with E-state index in [1.165, 1.54) is 23.3 Å². The van der Waals surface area contributed by atoms with Crippen LogP contribution in [0.5, 0.6) is 5.75 Å². The van der Waals surface area contributed by atoms with Crippen LogP contribution in [0.1, 0.15) is 30.4 Å². The van der Waals surface area contributed by atoms with E-state index in [4.69, 9.17) is 19.0 Å². The number of likely N-dealkylation sites (tertiary alicyclic amines) is 1. The molecule has 4 rings (SSSR count). The summed E-state index contributed by atoms with van der Waals surface area (Å²) in [5, 5.41) is 1.46. The van der Waals surface area contributed by atoms with E-state index in [1.807, 2.05) is 0 Å². The average molecular weight is 418 g/mol. The summed E-state index contributed by atoms with van der Waals surface area (Å²) in [7, 11) is 2.97. The van der Waals surface area contributed by atoms with Gasteiger partial charge >= 0.3 is 5.97 Å². The summed E-state index contributed by atoms with van der Waals surface area (Å²) in [5.74, 6) is -0.00994. The van der Waals surface area contributed by atoms with Crippen molar-refractivity contribution >= 4 is 11.9 Å². The van der Waals surface area contributed by atoms with Gasteiger partial charge in [0.05, 0.1) is 38.4 Å². The van der Waals surface area contributed by atoms with Crippen LogP contribution in [0, 0.1) is 5.92 Å². The van der Waals surface area contributed by atoms with Crippen molar-refractivity contribution < 1.29 is 28.6 Å². The minimum absolute atomic E-state index is 0.129. The number of carbonyl (C=O) groups excluding carboxylic acids is 2. The number of nitrogens with zero attached hydrogens (tertiary/aromatic N) is 2. The Labute approximate surface area is 177 Å². The van der Waals surface area contributed by atoms with Gasteiger partial charge in [-0.1, -0.05) is 12.1 Å². The predicted octanol–water partition coefficient (Wildman–Crippen LogP) is 1.56. The summed E-state index contributed by atoms with van der Waals surface area (Å²) in [4.78, 5) is 33.3. The molecule has 0 radical (unpaired) electrons. The lowest BCUT2D eigenvalue weighted by Gasteiger charge is -2.45. The molecule has 30 heavy (non-hydrogen) atoms. The molecule has 8 heteroatoms. The zero-order valence-electron chi connectivity index (χ0n) is 17.7. The molecule has 1 atom stereocenters. The number of hydrogen-bond acceptors (Lipinski definition) is 7. The Morgan fingerprint density at radius 3 is 2.77 bits per heavy atom. The Morgan fingerprint density at radius 2 is 2.03 bits per heavy atom. The topological polar surface area (TPSA) is 77.5 Å². The van der Waals surface area contributed by atoms with Gasteiger partial charge in [-0.2, -0.15) is 0 Å². The van der Waals surface area contributed by atoms with E-state index >= 15 is 0 Å². The number of rotatable bonds is 7. The Kier molecular flexibility index (Phi) is 6.26. The van der Waals surface area contributed by atoms with Gasteiger partial charge in [0.1, 0.15) is 5.75 Å². The molecular weight excluding hydrogens is 388 g/mol. The highest BCUT2D eigenvalue weighted by molar-refractivity contribution is 5.88. The molecular formula is C22H30N2O6. The molecule has 8 nitrogen and oxygen atoms in total. The van der Waals surface area contributed by atoms with E-state index < -0.39 is 11.5 Å². The number of hydroxylamine groups is 2. The molecule has 0 aliphatic carbocycles. The van der Waals surface area contributed by atoms with Gasteiger partial charge < -0.3 is 14.2 Å². The summed E-state index contributed by atoms with van der Waals surface area (Å²) in [6.45, 7) is 3.81. The molecule has 1 amide bonds.